The molecule has 0 unspecified atom stereocenters. The van der Waals surface area contributed by atoms with Gasteiger partial charge in [-0.1, -0.05) is 0 Å². The number of aromatic nitrogens is 1. The molecule has 3 rings (SSSR count). The van der Waals surface area contributed by atoms with Crippen LogP contribution in [0.25, 0.3) is 5.69 Å². The molecular formula is C18H21F2N3O3S. The first-order chi connectivity index (χ1) is 12.6. The number of halogens is 2. The molecule has 0 N–H and O–H groups in total. The zero-order valence-corrected chi connectivity index (χ0v) is 16.5. The lowest BCUT2D eigenvalue weighted by molar-refractivity contribution is -0.286. The number of ether oxygens (including phenoxy) is 2. The van der Waals surface area contributed by atoms with Crippen molar-refractivity contribution in [3.8, 4) is 17.2 Å². The largest absolute Gasteiger partial charge is 0.586 e. The van der Waals surface area contributed by atoms with Crippen LogP contribution in [0.4, 0.5) is 13.6 Å². The van der Waals surface area contributed by atoms with E-state index in [9.17, 15) is 13.6 Å². The van der Waals surface area contributed by atoms with Crippen LogP contribution in [0.2, 0.25) is 0 Å². The van der Waals surface area contributed by atoms with Crippen molar-refractivity contribution in [3.05, 3.63) is 34.1 Å². The standard InChI is InChI=1S/C18H21F2N3O3S/c1-10(2)23(11(3)4)16(24)21-17-22(9-12(5)27-17)13-6-7-14-15(8-13)26-18(19,20)25-14/h6-11H,1-5H3. The van der Waals surface area contributed by atoms with E-state index >= 15 is 0 Å². The second-order valence-corrected chi connectivity index (χ2v) is 8.00. The van der Waals surface area contributed by atoms with E-state index in [1.54, 1.807) is 21.7 Å². The van der Waals surface area contributed by atoms with Crippen LogP contribution in [0.1, 0.15) is 32.6 Å². The van der Waals surface area contributed by atoms with Gasteiger partial charge in [0.15, 0.2) is 16.3 Å². The van der Waals surface area contributed by atoms with Crippen molar-refractivity contribution in [1.29, 1.82) is 0 Å². The average Bonchev–Trinajstić information content (AvgIpc) is 3.03. The Morgan fingerprint density at radius 1 is 1.19 bits per heavy atom. The molecule has 2 amide bonds. The minimum absolute atomic E-state index is 0.00327. The molecule has 6 nitrogen and oxygen atoms in total. The van der Waals surface area contributed by atoms with E-state index in [4.69, 9.17) is 0 Å². The van der Waals surface area contributed by atoms with Crippen LogP contribution in [0.15, 0.2) is 29.4 Å². The molecule has 146 valence electrons. The monoisotopic (exact) mass is 397 g/mol. The number of urea groups is 1. The number of hydrogen-bond acceptors (Lipinski definition) is 4. The number of nitrogens with zero attached hydrogens (tertiary/aromatic N) is 3. The SMILES string of the molecule is Cc1cn(-c2ccc3c(c2)OC(F)(F)O3)c(=NC(=O)N(C(C)C)C(C)C)s1. The Morgan fingerprint density at radius 3 is 2.44 bits per heavy atom. The van der Waals surface area contributed by atoms with Gasteiger partial charge in [0.05, 0.1) is 5.69 Å². The summed E-state index contributed by atoms with van der Waals surface area (Å²) in [5.74, 6) is -0.0891. The summed E-state index contributed by atoms with van der Waals surface area (Å²) in [7, 11) is 0. The van der Waals surface area contributed by atoms with Gasteiger partial charge < -0.3 is 14.4 Å². The van der Waals surface area contributed by atoms with E-state index in [0.717, 1.165) is 4.88 Å². The second-order valence-electron chi connectivity index (χ2n) is 6.78. The second kappa shape index (κ2) is 6.95. The van der Waals surface area contributed by atoms with E-state index < -0.39 is 6.29 Å². The van der Waals surface area contributed by atoms with Crippen LogP contribution < -0.4 is 14.3 Å². The van der Waals surface area contributed by atoms with Crippen molar-refractivity contribution in [2.45, 2.75) is 53.0 Å². The number of carbonyl (C=O) groups excluding carboxylic acids is 1. The zero-order chi connectivity index (χ0) is 19.9. The lowest BCUT2D eigenvalue weighted by Crippen LogP contribution is -2.41. The van der Waals surface area contributed by atoms with E-state index in [1.165, 1.54) is 23.5 Å². The summed E-state index contributed by atoms with van der Waals surface area (Å²) in [5.41, 5.74) is 0.548. The fourth-order valence-electron chi connectivity index (χ4n) is 2.98. The van der Waals surface area contributed by atoms with E-state index in [1.807, 2.05) is 34.6 Å². The lowest BCUT2D eigenvalue weighted by atomic mass is 10.2. The maximum Gasteiger partial charge on any atom is 0.586 e. The summed E-state index contributed by atoms with van der Waals surface area (Å²) in [5, 5.41) is 0. The topological polar surface area (TPSA) is 56.1 Å². The first kappa shape index (κ1) is 19.3. The number of benzene rings is 1. The molecule has 0 saturated carbocycles. The summed E-state index contributed by atoms with van der Waals surface area (Å²) in [6.07, 6.45) is -1.88. The van der Waals surface area contributed by atoms with E-state index in [0.29, 0.717) is 10.5 Å². The molecule has 0 bridgehead atoms. The predicted octanol–water partition coefficient (Wildman–Crippen LogP) is 4.31. The summed E-state index contributed by atoms with van der Waals surface area (Å²) >= 11 is 1.34. The van der Waals surface area contributed by atoms with Crippen molar-refractivity contribution in [2.24, 2.45) is 4.99 Å². The summed E-state index contributed by atoms with van der Waals surface area (Å²) in [6.45, 7) is 9.60. The minimum Gasteiger partial charge on any atom is -0.395 e. The highest BCUT2D eigenvalue weighted by Crippen LogP contribution is 2.41. The smallest absolute Gasteiger partial charge is 0.395 e. The first-order valence-electron chi connectivity index (χ1n) is 8.54. The summed E-state index contributed by atoms with van der Waals surface area (Å²) < 4.78 is 37.1. The molecule has 0 radical (unpaired) electrons. The van der Waals surface area contributed by atoms with Crippen molar-refractivity contribution in [3.63, 3.8) is 0 Å². The summed E-state index contributed by atoms with van der Waals surface area (Å²) in [4.78, 5) is 20.0. The van der Waals surface area contributed by atoms with Crippen molar-refractivity contribution in [1.82, 2.24) is 9.47 Å². The molecular weight excluding hydrogens is 376 g/mol. The number of hydrogen-bond donors (Lipinski definition) is 0. The Labute approximate surface area is 159 Å². The van der Waals surface area contributed by atoms with Crippen LogP contribution in [0, 0.1) is 6.92 Å². The van der Waals surface area contributed by atoms with E-state index in [2.05, 4.69) is 14.5 Å². The van der Waals surface area contributed by atoms with Gasteiger partial charge in [0.2, 0.25) is 0 Å². The highest BCUT2D eigenvalue weighted by atomic mass is 32.1. The van der Waals surface area contributed by atoms with Gasteiger partial charge >= 0.3 is 12.3 Å². The number of rotatable bonds is 3. The number of aryl methyl sites for hydroxylation is 1. The van der Waals surface area contributed by atoms with Crippen LogP contribution in [0.5, 0.6) is 11.5 Å². The number of carbonyl (C=O) groups is 1. The molecule has 0 fully saturated rings. The maximum atomic E-state index is 13.2. The van der Waals surface area contributed by atoms with Gasteiger partial charge in [0, 0.05) is 29.2 Å². The molecule has 0 aliphatic carbocycles. The Bertz CT molecular complexity index is 926. The Kier molecular flexibility index (Phi) is 4.98. The van der Waals surface area contributed by atoms with Crippen LogP contribution in [0.3, 0.4) is 0 Å². The molecule has 0 saturated heterocycles. The maximum absolute atomic E-state index is 13.2. The molecule has 1 aromatic heterocycles. The minimum atomic E-state index is -3.67. The van der Waals surface area contributed by atoms with Gasteiger partial charge in [0.25, 0.3) is 0 Å². The number of amides is 2. The van der Waals surface area contributed by atoms with Crippen LogP contribution in [-0.4, -0.2) is 33.9 Å². The molecule has 0 atom stereocenters. The van der Waals surface area contributed by atoms with Gasteiger partial charge in [-0.3, -0.25) is 4.57 Å². The third kappa shape index (κ3) is 3.97. The van der Waals surface area contributed by atoms with Crippen molar-refractivity contribution >= 4 is 17.4 Å². The normalized spacial score (nSPS) is 15.7. The van der Waals surface area contributed by atoms with Crippen molar-refractivity contribution in [2.75, 3.05) is 0 Å². The Balaban J connectivity index is 2.02. The fourth-order valence-corrected chi connectivity index (χ4v) is 3.81. The molecule has 1 aliphatic rings. The molecule has 1 aliphatic heterocycles. The molecule has 9 heteroatoms. The van der Waals surface area contributed by atoms with Crippen LogP contribution in [-0.2, 0) is 0 Å². The van der Waals surface area contributed by atoms with Crippen LogP contribution >= 0.6 is 11.3 Å². The highest BCUT2D eigenvalue weighted by molar-refractivity contribution is 7.09. The lowest BCUT2D eigenvalue weighted by Gasteiger charge is -2.28. The van der Waals surface area contributed by atoms with Gasteiger partial charge in [-0.05, 0) is 46.8 Å². The Hall–Kier alpha value is -2.42. The molecule has 27 heavy (non-hydrogen) atoms. The molecule has 2 heterocycles. The van der Waals surface area contributed by atoms with Gasteiger partial charge in [-0.25, -0.2) is 4.79 Å². The first-order valence-corrected chi connectivity index (χ1v) is 9.35. The molecule has 1 aromatic carbocycles. The van der Waals surface area contributed by atoms with Gasteiger partial charge in [0.1, 0.15) is 0 Å². The van der Waals surface area contributed by atoms with Crippen molar-refractivity contribution < 1.29 is 23.0 Å². The number of fused-ring (bicyclic) bond motifs is 1. The fraction of sp³-hybridized carbons (Fsp3) is 0.444. The molecule has 0 spiro atoms. The quantitative estimate of drug-likeness (QED) is 0.776. The third-order valence-electron chi connectivity index (χ3n) is 3.96. The predicted molar refractivity (Wildman–Crippen MR) is 97.7 cm³/mol. The number of thiazole rings is 1. The molecule has 2 aromatic rings. The van der Waals surface area contributed by atoms with Gasteiger partial charge in [-0.15, -0.1) is 20.1 Å². The van der Waals surface area contributed by atoms with E-state index in [-0.39, 0.29) is 29.6 Å². The number of alkyl halides is 2. The highest BCUT2D eigenvalue weighted by Gasteiger charge is 2.43. The van der Waals surface area contributed by atoms with Gasteiger partial charge in [-0.2, -0.15) is 4.99 Å². The summed E-state index contributed by atoms with van der Waals surface area (Å²) in [6, 6.07) is 4.12. The third-order valence-corrected chi connectivity index (χ3v) is 4.86. The average molecular weight is 397 g/mol. The zero-order valence-electron chi connectivity index (χ0n) is 15.7. The Morgan fingerprint density at radius 2 is 1.81 bits per heavy atom.